The number of halogens is 1. The van der Waals surface area contributed by atoms with Crippen LogP contribution in [0.1, 0.15) is 0 Å². The molecule has 0 saturated carbocycles. The summed E-state index contributed by atoms with van der Waals surface area (Å²) in [4.78, 5) is 15.8. The monoisotopic (exact) mass is 459 g/mol. The third kappa shape index (κ3) is 4.00. The number of nitrogens with zero attached hydrogens (tertiary/aromatic N) is 3. The molecule has 5 aromatic rings. The fourth-order valence-electron chi connectivity index (χ4n) is 3.48. The minimum absolute atomic E-state index is 0.167. The molecule has 0 aliphatic carbocycles. The number of amides is 1. The van der Waals surface area contributed by atoms with Crippen LogP contribution >= 0.6 is 23.4 Å². The SMILES string of the molecule is O=C(CSc1nnc(-c2c[nH]c3ccccc23)n1-c1ccccc1)Nc1ccccc1Cl. The summed E-state index contributed by atoms with van der Waals surface area (Å²) < 4.78 is 1.98. The van der Waals surface area contributed by atoms with Gasteiger partial charge in [0.25, 0.3) is 0 Å². The van der Waals surface area contributed by atoms with E-state index in [9.17, 15) is 4.79 Å². The summed E-state index contributed by atoms with van der Waals surface area (Å²) in [5.41, 5.74) is 3.48. The fraction of sp³-hybridized carbons (Fsp3) is 0.0417. The molecule has 0 fully saturated rings. The molecule has 0 bridgehead atoms. The lowest BCUT2D eigenvalue weighted by Gasteiger charge is -2.10. The van der Waals surface area contributed by atoms with Gasteiger partial charge in [-0.3, -0.25) is 9.36 Å². The number of rotatable bonds is 6. The van der Waals surface area contributed by atoms with E-state index in [1.165, 1.54) is 11.8 Å². The van der Waals surface area contributed by atoms with Crippen LogP contribution in [0.3, 0.4) is 0 Å². The number of carbonyl (C=O) groups excluding carboxylic acids is 1. The lowest BCUT2D eigenvalue weighted by molar-refractivity contribution is -0.113. The Morgan fingerprint density at radius 2 is 1.72 bits per heavy atom. The predicted octanol–water partition coefficient (Wildman–Crippen LogP) is 5.80. The van der Waals surface area contributed by atoms with Crippen LogP contribution in [-0.2, 0) is 4.79 Å². The van der Waals surface area contributed by atoms with Gasteiger partial charge in [0.15, 0.2) is 11.0 Å². The first kappa shape index (κ1) is 20.4. The van der Waals surface area contributed by atoms with Crippen molar-refractivity contribution in [2.45, 2.75) is 5.16 Å². The van der Waals surface area contributed by atoms with Crippen molar-refractivity contribution in [3.05, 3.63) is 90.1 Å². The van der Waals surface area contributed by atoms with E-state index in [1.54, 1.807) is 12.1 Å². The molecule has 2 N–H and O–H groups in total. The number of carbonyl (C=O) groups is 1. The van der Waals surface area contributed by atoms with E-state index >= 15 is 0 Å². The number of hydrogen-bond acceptors (Lipinski definition) is 4. The van der Waals surface area contributed by atoms with Crippen molar-refractivity contribution in [2.75, 3.05) is 11.1 Å². The molecule has 2 heterocycles. The van der Waals surface area contributed by atoms with Crippen LogP contribution in [-0.4, -0.2) is 31.4 Å². The Kier molecular flexibility index (Phi) is 5.66. The number of anilines is 1. The molecule has 0 unspecified atom stereocenters. The molecule has 0 atom stereocenters. The number of thioether (sulfide) groups is 1. The van der Waals surface area contributed by atoms with Crippen LogP contribution in [0.5, 0.6) is 0 Å². The Balaban J connectivity index is 1.47. The number of fused-ring (bicyclic) bond motifs is 1. The zero-order valence-electron chi connectivity index (χ0n) is 16.8. The molecular formula is C24H18ClN5OS. The first-order valence-electron chi connectivity index (χ1n) is 9.95. The summed E-state index contributed by atoms with van der Waals surface area (Å²) in [6.07, 6.45) is 1.94. The fourth-order valence-corrected chi connectivity index (χ4v) is 4.42. The van der Waals surface area contributed by atoms with E-state index in [0.717, 1.165) is 22.2 Å². The molecule has 8 heteroatoms. The summed E-state index contributed by atoms with van der Waals surface area (Å²) >= 11 is 7.47. The van der Waals surface area contributed by atoms with Crippen LogP contribution in [0.15, 0.2) is 90.2 Å². The molecule has 2 aromatic heterocycles. The standard InChI is InChI=1S/C24H18ClN5OS/c25-19-11-5-7-13-21(19)27-22(31)15-32-24-29-28-23(30(24)16-8-2-1-3-9-16)18-14-26-20-12-6-4-10-17(18)20/h1-14,26H,15H2,(H,27,31). The van der Waals surface area contributed by atoms with Crippen molar-refractivity contribution >= 4 is 45.9 Å². The topological polar surface area (TPSA) is 75.6 Å². The van der Waals surface area contributed by atoms with E-state index in [0.29, 0.717) is 21.7 Å². The molecule has 0 aliphatic rings. The van der Waals surface area contributed by atoms with Gasteiger partial charge in [-0.1, -0.05) is 71.9 Å². The van der Waals surface area contributed by atoms with Gasteiger partial charge in [-0.15, -0.1) is 10.2 Å². The first-order valence-corrected chi connectivity index (χ1v) is 11.3. The minimum Gasteiger partial charge on any atom is -0.360 e. The lowest BCUT2D eigenvalue weighted by atomic mass is 10.1. The molecule has 5 rings (SSSR count). The van der Waals surface area contributed by atoms with Crippen LogP contribution in [0, 0.1) is 0 Å². The highest BCUT2D eigenvalue weighted by Gasteiger charge is 2.19. The maximum atomic E-state index is 12.5. The average molecular weight is 460 g/mol. The number of nitrogens with one attached hydrogen (secondary N) is 2. The summed E-state index contributed by atoms with van der Waals surface area (Å²) in [6, 6.07) is 25.1. The molecule has 0 aliphatic heterocycles. The van der Waals surface area contributed by atoms with Gasteiger partial charge in [0.1, 0.15) is 0 Å². The number of aromatic amines is 1. The Labute approximate surface area is 193 Å². The maximum absolute atomic E-state index is 12.5. The minimum atomic E-state index is -0.167. The molecule has 0 radical (unpaired) electrons. The number of H-pyrrole nitrogens is 1. The van der Waals surface area contributed by atoms with Gasteiger partial charge in [-0.2, -0.15) is 0 Å². The number of benzene rings is 3. The molecule has 0 spiro atoms. The Hall–Kier alpha value is -3.55. The molecule has 3 aromatic carbocycles. The van der Waals surface area contributed by atoms with Crippen LogP contribution in [0.4, 0.5) is 5.69 Å². The van der Waals surface area contributed by atoms with Crippen molar-refractivity contribution in [1.82, 2.24) is 19.7 Å². The van der Waals surface area contributed by atoms with Gasteiger partial charge in [0.05, 0.1) is 16.5 Å². The van der Waals surface area contributed by atoms with Gasteiger partial charge in [-0.05, 0) is 30.3 Å². The van der Waals surface area contributed by atoms with Crippen LogP contribution in [0.25, 0.3) is 28.0 Å². The van der Waals surface area contributed by atoms with E-state index in [1.807, 2.05) is 71.4 Å². The average Bonchev–Trinajstić information content (AvgIpc) is 3.44. The van der Waals surface area contributed by atoms with Crippen LogP contribution < -0.4 is 5.32 Å². The number of hydrogen-bond donors (Lipinski definition) is 2. The molecule has 32 heavy (non-hydrogen) atoms. The van der Waals surface area contributed by atoms with Crippen molar-refractivity contribution in [2.24, 2.45) is 0 Å². The first-order chi connectivity index (χ1) is 15.7. The van der Waals surface area contributed by atoms with Crippen molar-refractivity contribution in [3.8, 4) is 17.1 Å². The van der Waals surface area contributed by atoms with Crippen molar-refractivity contribution in [1.29, 1.82) is 0 Å². The highest BCUT2D eigenvalue weighted by atomic mass is 35.5. The molecular weight excluding hydrogens is 442 g/mol. The third-order valence-corrected chi connectivity index (χ3v) is 6.22. The second-order valence-corrected chi connectivity index (χ2v) is 8.39. The number of para-hydroxylation sites is 3. The molecule has 158 valence electrons. The predicted molar refractivity (Wildman–Crippen MR) is 129 cm³/mol. The van der Waals surface area contributed by atoms with Crippen molar-refractivity contribution < 1.29 is 4.79 Å². The normalized spacial score (nSPS) is 11.0. The Morgan fingerprint density at radius 3 is 2.56 bits per heavy atom. The van der Waals surface area contributed by atoms with E-state index in [-0.39, 0.29) is 11.7 Å². The third-order valence-electron chi connectivity index (χ3n) is 4.96. The van der Waals surface area contributed by atoms with Crippen LogP contribution in [0.2, 0.25) is 5.02 Å². The second-order valence-electron chi connectivity index (χ2n) is 7.04. The Bertz CT molecular complexity index is 1400. The lowest BCUT2D eigenvalue weighted by Crippen LogP contribution is -2.14. The Morgan fingerprint density at radius 1 is 0.969 bits per heavy atom. The van der Waals surface area contributed by atoms with Gasteiger partial charge >= 0.3 is 0 Å². The smallest absolute Gasteiger partial charge is 0.234 e. The van der Waals surface area contributed by atoms with Gasteiger partial charge in [0, 0.05) is 28.4 Å². The van der Waals surface area contributed by atoms with E-state index in [2.05, 4.69) is 26.6 Å². The highest BCUT2D eigenvalue weighted by Crippen LogP contribution is 2.32. The highest BCUT2D eigenvalue weighted by molar-refractivity contribution is 7.99. The van der Waals surface area contributed by atoms with Gasteiger partial charge in [0.2, 0.25) is 5.91 Å². The quantitative estimate of drug-likeness (QED) is 0.315. The van der Waals surface area contributed by atoms with Gasteiger partial charge in [-0.25, -0.2) is 0 Å². The van der Waals surface area contributed by atoms with E-state index in [4.69, 9.17) is 11.6 Å². The van der Waals surface area contributed by atoms with Gasteiger partial charge < -0.3 is 10.3 Å². The molecule has 1 amide bonds. The molecule has 0 saturated heterocycles. The van der Waals surface area contributed by atoms with Crippen molar-refractivity contribution in [3.63, 3.8) is 0 Å². The molecule has 6 nitrogen and oxygen atoms in total. The summed E-state index contributed by atoms with van der Waals surface area (Å²) in [5, 5.41) is 13.9. The zero-order chi connectivity index (χ0) is 21.9. The van der Waals surface area contributed by atoms with E-state index < -0.39 is 0 Å². The second kappa shape index (κ2) is 8.90. The summed E-state index contributed by atoms with van der Waals surface area (Å²) in [6.45, 7) is 0. The maximum Gasteiger partial charge on any atom is 0.234 e. The number of aromatic nitrogens is 4. The summed E-state index contributed by atoms with van der Waals surface area (Å²) in [5.74, 6) is 0.714. The zero-order valence-corrected chi connectivity index (χ0v) is 18.4. The largest absolute Gasteiger partial charge is 0.360 e. The summed E-state index contributed by atoms with van der Waals surface area (Å²) in [7, 11) is 0.